The highest BCUT2D eigenvalue weighted by molar-refractivity contribution is 7.98. The molecule has 0 bridgehead atoms. The molecule has 8 heteroatoms. The number of thioether (sulfide) groups is 1. The molecule has 1 aliphatic carbocycles. The van der Waals surface area contributed by atoms with Crippen LogP contribution in [0.2, 0.25) is 0 Å². The molecule has 0 spiro atoms. The quantitative estimate of drug-likeness (QED) is 0.597. The molecular formula is C20H20N4O3S. The number of nitrogens with one attached hydrogen (secondary N) is 2. The van der Waals surface area contributed by atoms with E-state index in [1.54, 1.807) is 42.6 Å². The first kappa shape index (κ1) is 18.4. The highest BCUT2D eigenvalue weighted by Crippen LogP contribution is 2.24. The van der Waals surface area contributed by atoms with Crippen molar-refractivity contribution in [3.63, 3.8) is 0 Å². The first-order valence-electron chi connectivity index (χ1n) is 9.00. The van der Waals surface area contributed by atoms with Gasteiger partial charge in [0.15, 0.2) is 10.9 Å². The SMILES string of the molecule is Cn1ccnc1SCc1ccc(C(=O)Nc2ccccc2C(=O)NC2CC2)o1. The van der Waals surface area contributed by atoms with Crippen molar-refractivity contribution < 1.29 is 14.0 Å². The van der Waals surface area contributed by atoms with E-state index >= 15 is 0 Å². The number of hydrogen-bond donors (Lipinski definition) is 2. The van der Waals surface area contributed by atoms with E-state index in [2.05, 4.69) is 15.6 Å². The minimum atomic E-state index is -0.389. The van der Waals surface area contributed by atoms with Crippen molar-refractivity contribution in [1.29, 1.82) is 0 Å². The Labute approximate surface area is 166 Å². The fourth-order valence-corrected chi connectivity index (χ4v) is 3.50. The van der Waals surface area contributed by atoms with Crippen LogP contribution in [0.3, 0.4) is 0 Å². The number of aromatic nitrogens is 2. The smallest absolute Gasteiger partial charge is 0.291 e. The number of amides is 2. The van der Waals surface area contributed by atoms with Gasteiger partial charge in [0.1, 0.15) is 5.76 Å². The Balaban J connectivity index is 1.41. The monoisotopic (exact) mass is 396 g/mol. The van der Waals surface area contributed by atoms with E-state index in [1.807, 2.05) is 17.8 Å². The number of anilines is 1. The van der Waals surface area contributed by atoms with Crippen molar-refractivity contribution in [2.45, 2.75) is 29.8 Å². The Bertz CT molecular complexity index is 1010. The number of benzene rings is 1. The topological polar surface area (TPSA) is 89.2 Å². The van der Waals surface area contributed by atoms with E-state index in [0.29, 0.717) is 22.8 Å². The first-order valence-corrected chi connectivity index (χ1v) is 9.99. The van der Waals surface area contributed by atoms with Crippen LogP contribution in [0.25, 0.3) is 0 Å². The van der Waals surface area contributed by atoms with Crippen LogP contribution < -0.4 is 10.6 Å². The van der Waals surface area contributed by atoms with Gasteiger partial charge < -0.3 is 19.6 Å². The molecule has 1 aliphatic rings. The molecule has 2 amide bonds. The zero-order valence-electron chi connectivity index (χ0n) is 15.3. The molecule has 3 aromatic rings. The summed E-state index contributed by atoms with van der Waals surface area (Å²) in [7, 11) is 1.92. The first-order chi connectivity index (χ1) is 13.6. The van der Waals surface area contributed by atoms with Crippen LogP contribution in [0, 0.1) is 0 Å². The molecule has 0 atom stereocenters. The minimum absolute atomic E-state index is 0.176. The average molecular weight is 396 g/mol. The summed E-state index contributed by atoms with van der Waals surface area (Å²) >= 11 is 1.53. The molecule has 7 nitrogen and oxygen atoms in total. The van der Waals surface area contributed by atoms with Crippen LogP contribution in [0.15, 0.2) is 58.4 Å². The Hall–Kier alpha value is -3.00. The van der Waals surface area contributed by atoms with Crippen molar-refractivity contribution in [3.8, 4) is 0 Å². The molecule has 1 saturated carbocycles. The van der Waals surface area contributed by atoms with Gasteiger partial charge in [-0.15, -0.1) is 0 Å². The van der Waals surface area contributed by atoms with Crippen molar-refractivity contribution in [1.82, 2.24) is 14.9 Å². The lowest BCUT2D eigenvalue weighted by molar-refractivity contribution is 0.0952. The number of carbonyl (C=O) groups is 2. The predicted molar refractivity (Wildman–Crippen MR) is 106 cm³/mol. The second kappa shape index (κ2) is 7.93. The van der Waals surface area contributed by atoms with Crippen LogP contribution in [-0.2, 0) is 12.8 Å². The van der Waals surface area contributed by atoms with Gasteiger partial charge in [-0.25, -0.2) is 4.98 Å². The van der Waals surface area contributed by atoms with E-state index < -0.39 is 0 Å². The number of rotatable bonds is 7. The lowest BCUT2D eigenvalue weighted by Gasteiger charge is -2.10. The van der Waals surface area contributed by atoms with E-state index in [0.717, 1.165) is 18.0 Å². The van der Waals surface area contributed by atoms with Crippen LogP contribution in [0.1, 0.15) is 39.5 Å². The van der Waals surface area contributed by atoms with Crippen molar-refractivity contribution in [3.05, 3.63) is 65.9 Å². The molecule has 28 heavy (non-hydrogen) atoms. The number of nitrogens with zero attached hydrogens (tertiary/aromatic N) is 2. The number of carbonyl (C=O) groups excluding carboxylic acids is 2. The highest BCUT2D eigenvalue weighted by Gasteiger charge is 2.25. The van der Waals surface area contributed by atoms with Gasteiger partial charge in [-0.3, -0.25) is 9.59 Å². The molecule has 1 fully saturated rings. The number of furan rings is 1. The predicted octanol–water partition coefficient (Wildman–Crippen LogP) is 3.45. The maximum Gasteiger partial charge on any atom is 0.291 e. The summed E-state index contributed by atoms with van der Waals surface area (Å²) < 4.78 is 7.58. The molecule has 2 N–H and O–H groups in total. The number of aryl methyl sites for hydroxylation is 1. The third-order valence-corrected chi connectivity index (χ3v) is 5.42. The summed E-state index contributed by atoms with van der Waals surface area (Å²) in [5.74, 6) is 0.883. The zero-order valence-corrected chi connectivity index (χ0v) is 16.2. The summed E-state index contributed by atoms with van der Waals surface area (Å²) in [4.78, 5) is 29.2. The Morgan fingerprint density at radius 1 is 1.21 bits per heavy atom. The number of para-hydroxylation sites is 1. The highest BCUT2D eigenvalue weighted by atomic mass is 32.2. The summed E-state index contributed by atoms with van der Waals surface area (Å²) in [5, 5.41) is 6.59. The second-order valence-corrected chi connectivity index (χ2v) is 7.57. The lowest BCUT2D eigenvalue weighted by atomic mass is 10.1. The molecule has 144 valence electrons. The fraction of sp³-hybridized carbons (Fsp3) is 0.250. The molecule has 2 heterocycles. The van der Waals surface area contributed by atoms with Crippen LogP contribution in [0.4, 0.5) is 5.69 Å². The third kappa shape index (κ3) is 4.28. The van der Waals surface area contributed by atoms with E-state index in [-0.39, 0.29) is 23.6 Å². The normalized spacial score (nSPS) is 13.3. The molecule has 0 unspecified atom stereocenters. The molecular weight excluding hydrogens is 376 g/mol. The molecule has 1 aromatic carbocycles. The van der Waals surface area contributed by atoms with Crippen molar-refractivity contribution >= 4 is 29.3 Å². The van der Waals surface area contributed by atoms with Crippen molar-refractivity contribution in [2.75, 3.05) is 5.32 Å². The van der Waals surface area contributed by atoms with E-state index in [4.69, 9.17) is 4.42 Å². The summed E-state index contributed by atoms with van der Waals surface area (Å²) in [5.41, 5.74) is 0.908. The van der Waals surface area contributed by atoms with Gasteiger partial charge in [0.05, 0.1) is 17.0 Å². The van der Waals surface area contributed by atoms with E-state index in [9.17, 15) is 9.59 Å². The Kier molecular flexibility index (Phi) is 5.21. The van der Waals surface area contributed by atoms with Gasteiger partial charge in [-0.1, -0.05) is 23.9 Å². The Morgan fingerprint density at radius 2 is 2.04 bits per heavy atom. The maximum absolute atomic E-state index is 12.6. The molecule has 2 aromatic heterocycles. The third-order valence-electron chi connectivity index (χ3n) is 4.34. The van der Waals surface area contributed by atoms with Crippen LogP contribution >= 0.6 is 11.8 Å². The van der Waals surface area contributed by atoms with Gasteiger partial charge >= 0.3 is 0 Å². The number of imidazole rings is 1. The summed E-state index contributed by atoms with van der Waals surface area (Å²) in [6.45, 7) is 0. The van der Waals surface area contributed by atoms with Gasteiger partial charge in [0.2, 0.25) is 0 Å². The second-order valence-electron chi connectivity index (χ2n) is 6.62. The Morgan fingerprint density at radius 3 is 2.79 bits per heavy atom. The van der Waals surface area contributed by atoms with E-state index in [1.165, 1.54) is 11.8 Å². The maximum atomic E-state index is 12.6. The largest absolute Gasteiger partial charge is 0.455 e. The fourth-order valence-electron chi connectivity index (χ4n) is 2.67. The molecule has 0 aliphatic heterocycles. The standard InChI is InChI=1S/C20H20N4O3S/c1-24-11-10-21-20(24)28-12-14-8-9-17(27-14)19(26)23-16-5-3-2-4-15(16)18(25)22-13-6-7-13/h2-5,8-11,13H,6-7,12H2,1H3,(H,22,25)(H,23,26). The molecule has 4 rings (SSSR count). The summed E-state index contributed by atoms with van der Waals surface area (Å²) in [6.07, 6.45) is 5.62. The zero-order chi connectivity index (χ0) is 19.5. The molecule has 0 saturated heterocycles. The average Bonchev–Trinajstić information content (AvgIpc) is 3.21. The molecule has 0 radical (unpaired) electrons. The van der Waals surface area contributed by atoms with Crippen molar-refractivity contribution in [2.24, 2.45) is 7.05 Å². The van der Waals surface area contributed by atoms with Crippen LogP contribution in [-0.4, -0.2) is 27.4 Å². The van der Waals surface area contributed by atoms with Gasteiger partial charge in [-0.2, -0.15) is 0 Å². The minimum Gasteiger partial charge on any atom is -0.455 e. The van der Waals surface area contributed by atoms with Crippen LogP contribution in [0.5, 0.6) is 0 Å². The van der Waals surface area contributed by atoms with Gasteiger partial charge in [0, 0.05) is 25.5 Å². The summed E-state index contributed by atoms with van der Waals surface area (Å²) in [6, 6.07) is 10.6. The van der Waals surface area contributed by atoms with Gasteiger partial charge in [0.25, 0.3) is 11.8 Å². The number of hydrogen-bond acceptors (Lipinski definition) is 5. The lowest BCUT2D eigenvalue weighted by Crippen LogP contribution is -2.26. The van der Waals surface area contributed by atoms with Gasteiger partial charge in [-0.05, 0) is 37.1 Å².